The molecule has 0 atom stereocenters. The molecule has 4 rings (SSSR count). The molecular weight excluding hydrogens is 406 g/mol. The van der Waals surface area contributed by atoms with Crippen LogP contribution in [-0.2, 0) is 17.9 Å². The van der Waals surface area contributed by atoms with E-state index in [1.54, 1.807) is 54.6 Å². The van der Waals surface area contributed by atoms with Crippen LogP contribution >= 0.6 is 0 Å². The molecule has 0 saturated heterocycles. The Hall–Kier alpha value is -4.33. The van der Waals surface area contributed by atoms with Crippen LogP contribution in [-0.4, -0.2) is 26.8 Å². The van der Waals surface area contributed by atoms with Gasteiger partial charge < -0.3 is 10.6 Å². The Morgan fingerprint density at radius 2 is 1.75 bits per heavy atom. The van der Waals surface area contributed by atoms with Crippen molar-refractivity contribution in [2.24, 2.45) is 0 Å². The zero-order valence-corrected chi connectivity index (χ0v) is 17.4. The second kappa shape index (κ2) is 9.22. The van der Waals surface area contributed by atoms with Crippen LogP contribution in [0.1, 0.15) is 21.5 Å². The maximum absolute atomic E-state index is 12.5. The fraction of sp³-hybridized carbons (Fsp3) is 0.125. The van der Waals surface area contributed by atoms with Crippen molar-refractivity contribution >= 4 is 28.4 Å². The molecule has 2 N–H and O–H groups in total. The smallest absolute Gasteiger partial charge is 0.278 e. The molecule has 1 aromatic heterocycles. The van der Waals surface area contributed by atoms with Gasteiger partial charge in [-0.1, -0.05) is 47.2 Å². The van der Waals surface area contributed by atoms with Crippen molar-refractivity contribution in [3.63, 3.8) is 0 Å². The first-order chi connectivity index (χ1) is 15.5. The van der Waals surface area contributed by atoms with Crippen molar-refractivity contribution in [2.45, 2.75) is 20.0 Å². The average molecular weight is 427 g/mol. The molecule has 0 fully saturated rings. The van der Waals surface area contributed by atoms with Gasteiger partial charge in [0.25, 0.3) is 11.5 Å². The number of hydrogen-bond donors (Lipinski definition) is 2. The molecule has 0 radical (unpaired) electrons. The molecule has 2 amide bonds. The molecule has 3 aromatic carbocycles. The summed E-state index contributed by atoms with van der Waals surface area (Å²) in [7, 11) is 0. The van der Waals surface area contributed by atoms with E-state index < -0.39 is 0 Å². The summed E-state index contributed by atoms with van der Waals surface area (Å²) in [6, 6.07) is 21.4. The Balaban J connectivity index is 1.37. The molecule has 8 nitrogen and oxygen atoms in total. The van der Waals surface area contributed by atoms with Gasteiger partial charge in [-0.2, -0.15) is 0 Å². The largest absolute Gasteiger partial charge is 0.350 e. The van der Waals surface area contributed by atoms with Crippen molar-refractivity contribution in [2.75, 3.05) is 5.32 Å². The fourth-order valence-electron chi connectivity index (χ4n) is 3.19. The molecular formula is C24H21N5O3. The van der Waals surface area contributed by atoms with Crippen LogP contribution in [0.4, 0.5) is 5.69 Å². The number of fused-ring (bicyclic) bond motifs is 1. The van der Waals surface area contributed by atoms with E-state index in [-0.39, 0.29) is 30.5 Å². The van der Waals surface area contributed by atoms with Crippen molar-refractivity contribution in [1.29, 1.82) is 0 Å². The molecule has 0 bridgehead atoms. The van der Waals surface area contributed by atoms with Gasteiger partial charge in [0.05, 0.1) is 5.39 Å². The van der Waals surface area contributed by atoms with Crippen LogP contribution in [0.25, 0.3) is 10.9 Å². The van der Waals surface area contributed by atoms with Crippen molar-refractivity contribution in [1.82, 2.24) is 20.3 Å². The van der Waals surface area contributed by atoms with Crippen LogP contribution in [0.5, 0.6) is 0 Å². The van der Waals surface area contributed by atoms with Crippen LogP contribution in [0.3, 0.4) is 0 Å². The first kappa shape index (κ1) is 20.9. The lowest BCUT2D eigenvalue weighted by Gasteiger charge is -2.09. The second-order valence-corrected chi connectivity index (χ2v) is 7.37. The highest BCUT2D eigenvalue weighted by molar-refractivity contribution is 6.04. The van der Waals surface area contributed by atoms with Gasteiger partial charge in [-0.15, -0.1) is 5.10 Å². The van der Waals surface area contributed by atoms with E-state index in [0.29, 0.717) is 22.2 Å². The maximum atomic E-state index is 12.5. The minimum absolute atomic E-state index is 0.208. The van der Waals surface area contributed by atoms with Crippen LogP contribution in [0, 0.1) is 6.92 Å². The number of rotatable bonds is 6. The zero-order valence-electron chi connectivity index (χ0n) is 17.4. The quantitative estimate of drug-likeness (QED) is 0.492. The highest BCUT2D eigenvalue weighted by atomic mass is 16.2. The van der Waals surface area contributed by atoms with Crippen molar-refractivity contribution in [3.05, 3.63) is 99.8 Å². The minimum Gasteiger partial charge on any atom is -0.350 e. The van der Waals surface area contributed by atoms with Crippen LogP contribution < -0.4 is 16.2 Å². The first-order valence-electron chi connectivity index (χ1n) is 10.1. The minimum atomic E-state index is -0.370. The van der Waals surface area contributed by atoms with Gasteiger partial charge in [0.15, 0.2) is 0 Å². The van der Waals surface area contributed by atoms with Crippen LogP contribution in [0.15, 0.2) is 77.6 Å². The molecule has 0 aliphatic carbocycles. The van der Waals surface area contributed by atoms with Crippen molar-refractivity contribution < 1.29 is 9.59 Å². The third-order valence-electron chi connectivity index (χ3n) is 4.91. The Morgan fingerprint density at radius 3 is 2.56 bits per heavy atom. The second-order valence-electron chi connectivity index (χ2n) is 7.37. The van der Waals surface area contributed by atoms with Gasteiger partial charge in [0.1, 0.15) is 12.1 Å². The summed E-state index contributed by atoms with van der Waals surface area (Å²) in [5, 5.41) is 13.8. The normalized spacial score (nSPS) is 10.7. The van der Waals surface area contributed by atoms with E-state index in [2.05, 4.69) is 20.9 Å². The number of nitrogens with zero attached hydrogens (tertiary/aromatic N) is 3. The van der Waals surface area contributed by atoms with Crippen molar-refractivity contribution in [3.8, 4) is 0 Å². The molecule has 0 unspecified atom stereocenters. The predicted molar refractivity (Wildman–Crippen MR) is 121 cm³/mol. The summed E-state index contributed by atoms with van der Waals surface area (Å²) >= 11 is 0. The Bertz CT molecular complexity index is 1350. The van der Waals surface area contributed by atoms with Gasteiger partial charge in [-0.3, -0.25) is 14.4 Å². The Morgan fingerprint density at radius 1 is 0.969 bits per heavy atom. The van der Waals surface area contributed by atoms with E-state index in [0.717, 1.165) is 15.8 Å². The summed E-state index contributed by atoms with van der Waals surface area (Å²) in [4.78, 5) is 37.2. The highest BCUT2D eigenvalue weighted by Crippen LogP contribution is 2.13. The lowest BCUT2D eigenvalue weighted by molar-refractivity contribution is -0.122. The van der Waals surface area contributed by atoms with E-state index in [4.69, 9.17) is 0 Å². The molecule has 0 saturated carbocycles. The summed E-state index contributed by atoms with van der Waals surface area (Å²) in [6.07, 6.45) is 0. The third kappa shape index (κ3) is 4.86. The van der Waals surface area contributed by atoms with Gasteiger partial charge in [-0.25, -0.2) is 4.68 Å². The number of carbonyl (C=O) groups is 2. The predicted octanol–water partition coefficient (Wildman–Crippen LogP) is 2.67. The van der Waals surface area contributed by atoms with E-state index >= 15 is 0 Å². The number of amides is 2. The number of carbonyl (C=O) groups excluding carboxylic acids is 2. The van der Waals surface area contributed by atoms with Crippen LogP contribution in [0.2, 0.25) is 0 Å². The summed E-state index contributed by atoms with van der Waals surface area (Å²) in [5.74, 6) is -0.578. The van der Waals surface area contributed by atoms with E-state index in [9.17, 15) is 14.4 Å². The lowest BCUT2D eigenvalue weighted by Crippen LogP contribution is -2.34. The number of aromatic nitrogens is 3. The lowest BCUT2D eigenvalue weighted by atomic mass is 10.1. The summed E-state index contributed by atoms with van der Waals surface area (Å²) in [5.41, 5.74) is 3.19. The molecule has 4 aromatic rings. The summed E-state index contributed by atoms with van der Waals surface area (Å²) < 4.78 is 1.04. The maximum Gasteiger partial charge on any atom is 0.278 e. The number of aryl methyl sites for hydroxylation is 1. The standard InChI is InChI=1S/C24H21N5O3/c1-16-9-11-18(12-10-16)23(31)26-19-6-4-5-17(13-19)14-25-22(30)15-29-24(32)20-7-2-3-8-21(20)27-28-29/h2-13H,14-15H2,1H3,(H,25,30)(H,26,31). The topological polar surface area (TPSA) is 106 Å². The average Bonchev–Trinajstić information content (AvgIpc) is 2.80. The van der Waals surface area contributed by atoms with E-state index in [1.165, 1.54) is 0 Å². The number of anilines is 1. The number of hydrogen-bond acceptors (Lipinski definition) is 5. The van der Waals surface area contributed by atoms with Gasteiger partial charge in [-0.05, 0) is 48.9 Å². The molecule has 8 heteroatoms. The molecule has 32 heavy (non-hydrogen) atoms. The molecule has 0 aliphatic heterocycles. The summed E-state index contributed by atoms with van der Waals surface area (Å²) in [6.45, 7) is 1.96. The molecule has 1 heterocycles. The first-order valence-corrected chi connectivity index (χ1v) is 10.1. The van der Waals surface area contributed by atoms with Gasteiger partial charge in [0.2, 0.25) is 5.91 Å². The Labute approximate surface area is 183 Å². The highest BCUT2D eigenvalue weighted by Gasteiger charge is 2.10. The van der Waals surface area contributed by atoms with E-state index in [1.807, 2.05) is 25.1 Å². The fourth-order valence-corrected chi connectivity index (χ4v) is 3.19. The number of benzene rings is 3. The Kier molecular flexibility index (Phi) is 6.03. The molecule has 0 spiro atoms. The molecule has 160 valence electrons. The number of nitrogens with one attached hydrogen (secondary N) is 2. The van der Waals surface area contributed by atoms with Gasteiger partial charge >= 0.3 is 0 Å². The van der Waals surface area contributed by atoms with Gasteiger partial charge in [0, 0.05) is 17.8 Å². The molecule has 0 aliphatic rings. The SMILES string of the molecule is Cc1ccc(C(=O)Nc2cccc(CNC(=O)Cn3nnc4ccccc4c3=O)c2)cc1. The zero-order chi connectivity index (χ0) is 22.5. The third-order valence-corrected chi connectivity index (χ3v) is 4.91. The monoisotopic (exact) mass is 427 g/mol.